The van der Waals surface area contributed by atoms with Crippen LogP contribution in [0.4, 0.5) is 0 Å². The molecule has 126 valence electrons. The predicted molar refractivity (Wildman–Crippen MR) is 105 cm³/mol. The molecule has 3 aromatic rings. The molecular weight excluding hydrogens is 304 g/mol. The van der Waals surface area contributed by atoms with E-state index in [1.54, 1.807) is 0 Å². The van der Waals surface area contributed by atoms with Gasteiger partial charge in [-0.3, -0.25) is 0 Å². The Morgan fingerprint density at radius 1 is 1.04 bits per heavy atom. The summed E-state index contributed by atoms with van der Waals surface area (Å²) < 4.78 is 2.21. The van der Waals surface area contributed by atoms with Crippen LogP contribution in [0.1, 0.15) is 43.6 Å². The van der Waals surface area contributed by atoms with E-state index in [0.29, 0.717) is 0 Å². The fourth-order valence-corrected chi connectivity index (χ4v) is 3.61. The number of aromatic nitrogens is 1. The van der Waals surface area contributed by atoms with Crippen molar-refractivity contribution in [2.75, 3.05) is 0 Å². The average Bonchev–Trinajstić information content (AvgIpc) is 2.94. The van der Waals surface area contributed by atoms with E-state index >= 15 is 0 Å². The third kappa shape index (κ3) is 3.10. The van der Waals surface area contributed by atoms with E-state index < -0.39 is 0 Å². The molecule has 0 aliphatic carbocycles. The van der Waals surface area contributed by atoms with E-state index in [1.807, 2.05) is 30.3 Å². The number of rotatable bonds is 4. The van der Waals surface area contributed by atoms with E-state index in [4.69, 9.17) is 0 Å². The third-order valence-corrected chi connectivity index (χ3v) is 4.69. The molecule has 1 unspecified atom stereocenters. The Kier molecular flexibility index (Phi) is 4.51. The number of hydrogen-bond acceptors (Lipinski definition) is 1. The van der Waals surface area contributed by atoms with Crippen molar-refractivity contribution < 1.29 is 0 Å². The van der Waals surface area contributed by atoms with Crippen LogP contribution in [0.3, 0.4) is 0 Å². The van der Waals surface area contributed by atoms with Crippen molar-refractivity contribution in [3.63, 3.8) is 0 Å². The highest BCUT2D eigenvalue weighted by molar-refractivity contribution is 5.91. The maximum Gasteiger partial charge on any atom is 0.128 e. The lowest BCUT2D eigenvalue weighted by molar-refractivity contribution is 0.382. The van der Waals surface area contributed by atoms with E-state index in [9.17, 15) is 5.26 Å². The lowest BCUT2D eigenvalue weighted by Crippen LogP contribution is -2.26. The third-order valence-electron chi connectivity index (χ3n) is 4.69. The van der Waals surface area contributed by atoms with Gasteiger partial charge in [0, 0.05) is 27.9 Å². The largest absolute Gasteiger partial charge is 0.330 e. The minimum absolute atomic E-state index is 0.165. The van der Waals surface area contributed by atoms with Crippen LogP contribution in [0.25, 0.3) is 10.8 Å². The lowest BCUT2D eigenvalue weighted by Gasteiger charge is -2.27. The van der Waals surface area contributed by atoms with Gasteiger partial charge in [-0.15, -0.1) is 6.58 Å². The summed E-state index contributed by atoms with van der Waals surface area (Å²) in [5.74, 6) is 0.215. The van der Waals surface area contributed by atoms with Gasteiger partial charge in [0.1, 0.15) is 11.8 Å². The summed E-state index contributed by atoms with van der Waals surface area (Å²) in [6.45, 7) is 10.5. The Labute approximate surface area is 150 Å². The summed E-state index contributed by atoms with van der Waals surface area (Å²) in [5.41, 5.74) is 3.03. The number of benzene rings is 2. The van der Waals surface area contributed by atoms with Crippen molar-refractivity contribution in [2.45, 2.75) is 38.6 Å². The molecule has 0 bridgehead atoms. The maximum atomic E-state index is 9.81. The van der Waals surface area contributed by atoms with Gasteiger partial charge in [0.25, 0.3) is 0 Å². The first kappa shape index (κ1) is 17.0. The first-order chi connectivity index (χ1) is 12.0. The molecule has 0 fully saturated rings. The molecule has 0 radical (unpaired) electrons. The number of nitrogens with zero attached hydrogens (tertiary/aromatic N) is 2. The fourth-order valence-electron chi connectivity index (χ4n) is 3.61. The van der Waals surface area contributed by atoms with Gasteiger partial charge < -0.3 is 4.57 Å². The van der Waals surface area contributed by atoms with E-state index in [2.05, 4.69) is 68.3 Å². The summed E-state index contributed by atoms with van der Waals surface area (Å²) >= 11 is 0. The van der Waals surface area contributed by atoms with Crippen LogP contribution in [0.2, 0.25) is 0 Å². The standard InChI is InChI=1S/C23H24N2/c1-5-17(18-11-7-6-8-12-18)15-21-19-13-9-10-14-20(19)22(16-24)25(21)23(2,3)4/h5-14,17H,1,15H2,2-4H3. The molecule has 0 saturated carbocycles. The molecule has 2 heteroatoms. The van der Waals surface area contributed by atoms with Crippen LogP contribution in [-0.2, 0) is 12.0 Å². The van der Waals surface area contributed by atoms with Gasteiger partial charge in [0.2, 0.25) is 0 Å². The quantitative estimate of drug-likeness (QED) is 0.558. The minimum atomic E-state index is -0.165. The van der Waals surface area contributed by atoms with Crippen molar-refractivity contribution in [1.29, 1.82) is 5.26 Å². The molecule has 1 atom stereocenters. The van der Waals surface area contributed by atoms with Crippen molar-refractivity contribution >= 4 is 10.8 Å². The Morgan fingerprint density at radius 2 is 1.64 bits per heavy atom. The topological polar surface area (TPSA) is 28.7 Å². The molecule has 0 amide bonds. The Hall–Kier alpha value is -2.79. The summed E-state index contributed by atoms with van der Waals surface area (Å²) in [6.07, 6.45) is 2.84. The Morgan fingerprint density at radius 3 is 2.20 bits per heavy atom. The highest BCUT2D eigenvalue weighted by Gasteiger charge is 2.26. The fraction of sp³-hybridized carbons (Fsp3) is 0.261. The summed E-state index contributed by atoms with van der Waals surface area (Å²) in [5, 5.41) is 12.0. The molecule has 2 nitrogen and oxygen atoms in total. The molecule has 1 aromatic heterocycles. The zero-order valence-corrected chi connectivity index (χ0v) is 15.2. The van der Waals surface area contributed by atoms with E-state index in [-0.39, 0.29) is 11.5 Å². The molecule has 3 rings (SSSR count). The normalized spacial score (nSPS) is 12.7. The highest BCUT2D eigenvalue weighted by atomic mass is 15.1. The van der Waals surface area contributed by atoms with Gasteiger partial charge in [-0.2, -0.15) is 5.26 Å². The summed E-state index contributed by atoms with van der Waals surface area (Å²) in [4.78, 5) is 0. The maximum absolute atomic E-state index is 9.81. The second kappa shape index (κ2) is 6.61. The second-order valence-corrected chi connectivity index (χ2v) is 7.42. The highest BCUT2D eigenvalue weighted by Crippen LogP contribution is 2.35. The monoisotopic (exact) mass is 328 g/mol. The molecule has 25 heavy (non-hydrogen) atoms. The average molecular weight is 328 g/mol. The van der Waals surface area contributed by atoms with Gasteiger partial charge in [0.05, 0.1) is 0 Å². The van der Waals surface area contributed by atoms with Crippen molar-refractivity contribution in [3.8, 4) is 6.07 Å². The molecule has 0 spiro atoms. The summed E-state index contributed by atoms with van der Waals surface area (Å²) in [6, 6.07) is 21.1. The van der Waals surface area contributed by atoms with Gasteiger partial charge in [-0.05, 0) is 32.8 Å². The number of allylic oxidation sites excluding steroid dienone is 1. The molecule has 2 aromatic carbocycles. The SMILES string of the molecule is C=CC(Cc1c2ccccc2c(C#N)n1C(C)(C)C)c1ccccc1. The number of nitriles is 1. The van der Waals surface area contributed by atoms with Crippen molar-refractivity contribution in [3.05, 3.63) is 84.2 Å². The predicted octanol–water partition coefficient (Wildman–Crippen LogP) is 5.78. The van der Waals surface area contributed by atoms with Gasteiger partial charge in [-0.25, -0.2) is 0 Å². The molecule has 0 aliphatic heterocycles. The molecule has 0 saturated heterocycles. The van der Waals surface area contributed by atoms with Crippen LogP contribution in [0, 0.1) is 11.3 Å². The van der Waals surface area contributed by atoms with Gasteiger partial charge in [0.15, 0.2) is 0 Å². The van der Waals surface area contributed by atoms with Crippen LogP contribution in [0.15, 0.2) is 67.3 Å². The first-order valence-corrected chi connectivity index (χ1v) is 8.67. The zero-order chi connectivity index (χ0) is 18.0. The number of fused-ring (bicyclic) bond motifs is 1. The Bertz CT molecular complexity index is 934. The molecule has 0 aliphatic rings. The van der Waals surface area contributed by atoms with E-state index in [0.717, 1.165) is 22.9 Å². The molecular formula is C23H24N2. The Balaban J connectivity index is 2.21. The number of hydrogen-bond donors (Lipinski definition) is 0. The first-order valence-electron chi connectivity index (χ1n) is 8.67. The van der Waals surface area contributed by atoms with Crippen LogP contribution < -0.4 is 0 Å². The van der Waals surface area contributed by atoms with Crippen LogP contribution >= 0.6 is 0 Å². The second-order valence-electron chi connectivity index (χ2n) is 7.42. The zero-order valence-electron chi connectivity index (χ0n) is 15.2. The lowest BCUT2D eigenvalue weighted by atomic mass is 9.92. The van der Waals surface area contributed by atoms with Crippen LogP contribution in [-0.4, -0.2) is 4.57 Å². The van der Waals surface area contributed by atoms with Crippen molar-refractivity contribution in [1.82, 2.24) is 4.57 Å². The van der Waals surface area contributed by atoms with Crippen molar-refractivity contribution in [2.24, 2.45) is 0 Å². The minimum Gasteiger partial charge on any atom is -0.330 e. The smallest absolute Gasteiger partial charge is 0.128 e. The van der Waals surface area contributed by atoms with Gasteiger partial charge >= 0.3 is 0 Å². The summed E-state index contributed by atoms with van der Waals surface area (Å²) in [7, 11) is 0. The van der Waals surface area contributed by atoms with E-state index in [1.165, 1.54) is 11.3 Å². The molecule has 1 heterocycles. The van der Waals surface area contributed by atoms with Gasteiger partial charge in [-0.1, -0.05) is 60.7 Å². The van der Waals surface area contributed by atoms with Crippen LogP contribution in [0.5, 0.6) is 0 Å². The molecule has 0 N–H and O–H groups in total.